The van der Waals surface area contributed by atoms with Crippen molar-refractivity contribution in [3.63, 3.8) is 0 Å². The van der Waals surface area contributed by atoms with Gasteiger partial charge >= 0.3 is 10.2 Å². The number of benzene rings is 1. The molecule has 120 valence electrons. The highest BCUT2D eigenvalue weighted by Gasteiger charge is 2.18. The summed E-state index contributed by atoms with van der Waals surface area (Å²) in [6.45, 7) is 6.90. The smallest absolute Gasteiger partial charge is 0.301 e. The van der Waals surface area contributed by atoms with Crippen LogP contribution in [-0.4, -0.2) is 38.9 Å². The molecule has 0 aliphatic heterocycles. The Labute approximate surface area is 126 Å². The zero-order valence-corrected chi connectivity index (χ0v) is 13.8. The number of nitrogens with one attached hydrogen (secondary N) is 2. The van der Waals surface area contributed by atoms with E-state index in [-0.39, 0.29) is 5.69 Å². The van der Waals surface area contributed by atoms with Gasteiger partial charge in [-0.2, -0.15) is 12.7 Å². The highest BCUT2D eigenvalue weighted by molar-refractivity contribution is 7.90. The molecule has 0 saturated heterocycles. The second kappa shape index (κ2) is 7.72. The highest BCUT2D eigenvalue weighted by atomic mass is 32.2. The zero-order valence-electron chi connectivity index (χ0n) is 13.0. The van der Waals surface area contributed by atoms with Crippen LogP contribution >= 0.6 is 0 Å². The molecular weight excluding hydrogens is 293 g/mol. The molecule has 7 heteroatoms. The number of hydrogen-bond acceptors (Lipinski definition) is 3. The largest absolute Gasteiger partial charge is 0.314 e. The Morgan fingerprint density at radius 1 is 1.33 bits per heavy atom. The van der Waals surface area contributed by atoms with Gasteiger partial charge in [0.1, 0.15) is 5.82 Å². The van der Waals surface area contributed by atoms with Crippen molar-refractivity contribution < 1.29 is 12.8 Å². The Balaban J connectivity index is 2.59. The molecule has 2 N–H and O–H groups in total. The van der Waals surface area contributed by atoms with Crippen LogP contribution < -0.4 is 10.0 Å². The molecule has 0 aliphatic rings. The van der Waals surface area contributed by atoms with Gasteiger partial charge < -0.3 is 5.32 Å². The normalized spacial score (nSPS) is 12.1. The Kier molecular flexibility index (Phi) is 6.57. The third-order valence-corrected chi connectivity index (χ3v) is 4.46. The fraction of sp³-hybridized carbons (Fsp3) is 0.571. The molecule has 1 aromatic carbocycles. The summed E-state index contributed by atoms with van der Waals surface area (Å²) in [7, 11) is -2.26. The third-order valence-electron chi connectivity index (χ3n) is 2.98. The van der Waals surface area contributed by atoms with Crippen LogP contribution in [-0.2, 0) is 10.2 Å². The first-order chi connectivity index (χ1) is 9.72. The second-order valence-corrected chi connectivity index (χ2v) is 7.15. The first-order valence-corrected chi connectivity index (χ1v) is 8.40. The average molecular weight is 317 g/mol. The standard InChI is InChI=1S/C14H24FN3O2S/c1-11(2)16-8-5-9-18(4)21(19,20)17-14-7-6-12(3)10-13(14)15/h6-7,10-11,16-17H,5,8-9H2,1-4H3. The molecule has 1 aromatic rings. The predicted molar refractivity (Wildman–Crippen MR) is 84.1 cm³/mol. The van der Waals surface area contributed by atoms with Crippen LogP contribution in [0.3, 0.4) is 0 Å². The number of nitrogens with zero attached hydrogens (tertiary/aromatic N) is 1. The monoisotopic (exact) mass is 317 g/mol. The molecule has 21 heavy (non-hydrogen) atoms. The van der Waals surface area contributed by atoms with Gasteiger partial charge in [-0.25, -0.2) is 4.39 Å². The average Bonchev–Trinajstić information content (AvgIpc) is 2.37. The molecule has 0 fully saturated rings. The van der Waals surface area contributed by atoms with Crippen LogP contribution in [0.5, 0.6) is 0 Å². The molecule has 0 heterocycles. The first kappa shape index (κ1) is 17.9. The lowest BCUT2D eigenvalue weighted by atomic mass is 10.2. The molecule has 0 saturated carbocycles. The van der Waals surface area contributed by atoms with E-state index in [0.717, 1.165) is 12.1 Å². The van der Waals surface area contributed by atoms with Crippen molar-refractivity contribution in [2.45, 2.75) is 33.2 Å². The molecule has 0 aromatic heterocycles. The molecule has 0 unspecified atom stereocenters. The molecule has 0 aliphatic carbocycles. The first-order valence-electron chi connectivity index (χ1n) is 6.96. The summed E-state index contributed by atoms with van der Waals surface area (Å²) in [6, 6.07) is 4.75. The van der Waals surface area contributed by atoms with Crippen LogP contribution in [0.2, 0.25) is 0 Å². The molecular formula is C14H24FN3O2S. The van der Waals surface area contributed by atoms with Crippen molar-refractivity contribution >= 4 is 15.9 Å². The summed E-state index contributed by atoms with van der Waals surface area (Å²) in [4.78, 5) is 0. The molecule has 0 atom stereocenters. The number of hydrogen-bond donors (Lipinski definition) is 2. The Morgan fingerprint density at radius 2 is 2.00 bits per heavy atom. The number of rotatable bonds is 8. The van der Waals surface area contributed by atoms with Crippen molar-refractivity contribution in [2.24, 2.45) is 0 Å². The van der Waals surface area contributed by atoms with Crippen molar-refractivity contribution in [3.8, 4) is 0 Å². The van der Waals surface area contributed by atoms with Gasteiger partial charge in [0.05, 0.1) is 5.69 Å². The fourth-order valence-corrected chi connectivity index (χ4v) is 2.70. The quantitative estimate of drug-likeness (QED) is 0.722. The van der Waals surface area contributed by atoms with Gasteiger partial charge in [0.25, 0.3) is 0 Å². The summed E-state index contributed by atoms with van der Waals surface area (Å²) in [5, 5.41) is 3.22. The van der Waals surface area contributed by atoms with E-state index in [1.165, 1.54) is 23.5 Å². The lowest BCUT2D eigenvalue weighted by Crippen LogP contribution is -2.35. The van der Waals surface area contributed by atoms with Gasteiger partial charge in [0.15, 0.2) is 0 Å². The minimum atomic E-state index is -3.73. The SMILES string of the molecule is Cc1ccc(NS(=O)(=O)N(C)CCCNC(C)C)c(F)c1. The maximum atomic E-state index is 13.7. The maximum Gasteiger partial charge on any atom is 0.301 e. The van der Waals surface area contributed by atoms with E-state index in [9.17, 15) is 12.8 Å². The van der Waals surface area contributed by atoms with Crippen molar-refractivity contribution in [3.05, 3.63) is 29.6 Å². The minimum Gasteiger partial charge on any atom is -0.314 e. The molecule has 0 radical (unpaired) electrons. The Hall–Kier alpha value is -1.18. The fourth-order valence-electron chi connectivity index (χ4n) is 1.73. The highest BCUT2D eigenvalue weighted by Crippen LogP contribution is 2.17. The molecule has 0 amide bonds. The number of anilines is 1. The summed E-state index contributed by atoms with van der Waals surface area (Å²) < 4.78 is 41.3. The molecule has 0 bridgehead atoms. The summed E-state index contributed by atoms with van der Waals surface area (Å²) >= 11 is 0. The van der Waals surface area contributed by atoms with Gasteiger partial charge in [0, 0.05) is 19.6 Å². The summed E-state index contributed by atoms with van der Waals surface area (Å²) in [5.41, 5.74) is 0.705. The van der Waals surface area contributed by atoms with E-state index in [1.807, 2.05) is 13.8 Å². The molecule has 0 spiro atoms. The molecule has 1 rings (SSSR count). The third kappa shape index (κ3) is 5.99. The number of halogens is 1. The summed E-state index contributed by atoms with van der Waals surface area (Å²) in [6.07, 6.45) is 0.686. The van der Waals surface area contributed by atoms with Crippen LogP contribution in [0.25, 0.3) is 0 Å². The predicted octanol–water partition coefficient (Wildman–Crippen LogP) is 2.11. The Bertz CT molecular complexity index is 561. The van der Waals surface area contributed by atoms with Crippen molar-refractivity contribution in [2.75, 3.05) is 24.9 Å². The van der Waals surface area contributed by atoms with Crippen LogP contribution in [0.15, 0.2) is 18.2 Å². The maximum absolute atomic E-state index is 13.7. The van der Waals surface area contributed by atoms with Gasteiger partial charge in [-0.3, -0.25) is 4.72 Å². The van der Waals surface area contributed by atoms with E-state index in [2.05, 4.69) is 10.0 Å². The van der Waals surface area contributed by atoms with Gasteiger partial charge in [-0.15, -0.1) is 0 Å². The number of aryl methyl sites for hydroxylation is 1. The molecule has 5 nitrogen and oxygen atoms in total. The topological polar surface area (TPSA) is 61.4 Å². The summed E-state index contributed by atoms with van der Waals surface area (Å²) in [5.74, 6) is -0.576. The van der Waals surface area contributed by atoms with Crippen LogP contribution in [0.4, 0.5) is 10.1 Å². The van der Waals surface area contributed by atoms with E-state index in [1.54, 1.807) is 13.0 Å². The van der Waals surface area contributed by atoms with Gasteiger partial charge in [0.2, 0.25) is 0 Å². The zero-order chi connectivity index (χ0) is 16.0. The lowest BCUT2D eigenvalue weighted by molar-refractivity contribution is 0.451. The lowest BCUT2D eigenvalue weighted by Gasteiger charge is -2.19. The minimum absolute atomic E-state index is 0.0345. The van der Waals surface area contributed by atoms with Crippen LogP contribution in [0, 0.1) is 12.7 Å². The van der Waals surface area contributed by atoms with E-state index >= 15 is 0 Å². The van der Waals surface area contributed by atoms with Crippen molar-refractivity contribution in [1.82, 2.24) is 9.62 Å². The Morgan fingerprint density at radius 3 is 2.57 bits per heavy atom. The van der Waals surface area contributed by atoms with E-state index < -0.39 is 16.0 Å². The second-order valence-electron chi connectivity index (χ2n) is 5.37. The van der Waals surface area contributed by atoms with Crippen molar-refractivity contribution in [1.29, 1.82) is 0 Å². The van der Waals surface area contributed by atoms with Gasteiger partial charge in [-0.1, -0.05) is 19.9 Å². The van der Waals surface area contributed by atoms with E-state index in [4.69, 9.17) is 0 Å². The van der Waals surface area contributed by atoms with E-state index in [0.29, 0.717) is 19.0 Å². The van der Waals surface area contributed by atoms with Crippen LogP contribution in [0.1, 0.15) is 25.8 Å². The van der Waals surface area contributed by atoms with Gasteiger partial charge in [-0.05, 0) is 37.6 Å².